The van der Waals surface area contributed by atoms with Crippen molar-refractivity contribution >= 4 is 0 Å². The van der Waals surface area contributed by atoms with Crippen LogP contribution in [0.2, 0.25) is 0 Å². The van der Waals surface area contributed by atoms with Gasteiger partial charge in [-0.15, -0.1) is 0 Å². The van der Waals surface area contributed by atoms with Crippen molar-refractivity contribution < 1.29 is 19.7 Å². The summed E-state index contributed by atoms with van der Waals surface area (Å²) in [6, 6.07) is 6.83. The van der Waals surface area contributed by atoms with Crippen LogP contribution in [0.5, 0.6) is 11.5 Å². The molecule has 0 fully saturated rings. The van der Waals surface area contributed by atoms with Crippen molar-refractivity contribution in [2.45, 2.75) is 12.6 Å². The molecular weight excluding hydrogens is 160 g/mol. The van der Waals surface area contributed by atoms with E-state index in [0.717, 1.165) is 0 Å². The second-order valence-electron chi connectivity index (χ2n) is 2.46. The monoisotopic (exact) mass is 168 g/mol. The van der Waals surface area contributed by atoms with Crippen LogP contribution in [0.1, 0.15) is 0 Å². The van der Waals surface area contributed by atoms with E-state index in [-0.39, 0.29) is 0 Å². The first-order chi connectivity index (χ1) is 5.77. The molecule has 12 heavy (non-hydrogen) atoms. The molecule has 2 rings (SSSR count). The van der Waals surface area contributed by atoms with E-state index in [1.807, 2.05) is 0 Å². The van der Waals surface area contributed by atoms with Gasteiger partial charge in [0.15, 0.2) is 11.5 Å². The number of ether oxygens (including phenoxy) is 2. The van der Waals surface area contributed by atoms with E-state index < -0.39 is 12.6 Å². The summed E-state index contributed by atoms with van der Waals surface area (Å²) >= 11 is 0. The molecule has 1 heterocycles. The van der Waals surface area contributed by atoms with Crippen molar-refractivity contribution in [3.05, 3.63) is 24.3 Å². The molecule has 0 saturated heterocycles. The molecule has 2 atom stereocenters. The average Bonchev–Trinajstić information content (AvgIpc) is 2.07. The summed E-state index contributed by atoms with van der Waals surface area (Å²) in [6.45, 7) is 0. The third kappa shape index (κ3) is 1.11. The van der Waals surface area contributed by atoms with Crippen molar-refractivity contribution in [3.8, 4) is 11.5 Å². The molecule has 4 nitrogen and oxygen atoms in total. The van der Waals surface area contributed by atoms with Crippen molar-refractivity contribution in [3.63, 3.8) is 0 Å². The lowest BCUT2D eigenvalue weighted by molar-refractivity contribution is -0.198. The van der Waals surface area contributed by atoms with Gasteiger partial charge >= 0.3 is 0 Å². The van der Waals surface area contributed by atoms with Crippen LogP contribution in [0.25, 0.3) is 0 Å². The predicted octanol–water partition coefficient (Wildman–Crippen LogP) is 0.0946. The van der Waals surface area contributed by atoms with Crippen molar-refractivity contribution in [2.24, 2.45) is 0 Å². The largest absolute Gasteiger partial charge is 0.454 e. The van der Waals surface area contributed by atoms with Gasteiger partial charge in [-0.05, 0) is 12.1 Å². The van der Waals surface area contributed by atoms with Gasteiger partial charge in [0.1, 0.15) is 0 Å². The quantitative estimate of drug-likeness (QED) is 0.576. The zero-order valence-corrected chi connectivity index (χ0v) is 6.18. The fraction of sp³-hybridized carbons (Fsp3) is 0.250. The highest BCUT2D eigenvalue weighted by molar-refractivity contribution is 5.40. The molecule has 0 saturated carbocycles. The maximum Gasteiger partial charge on any atom is 0.260 e. The van der Waals surface area contributed by atoms with Crippen LogP contribution in [-0.4, -0.2) is 22.8 Å². The van der Waals surface area contributed by atoms with Crippen molar-refractivity contribution in [1.29, 1.82) is 0 Å². The highest BCUT2D eigenvalue weighted by Gasteiger charge is 2.27. The number of rotatable bonds is 0. The number of hydrogen-bond acceptors (Lipinski definition) is 4. The molecule has 0 radical (unpaired) electrons. The van der Waals surface area contributed by atoms with E-state index in [1.54, 1.807) is 24.3 Å². The lowest BCUT2D eigenvalue weighted by Crippen LogP contribution is -2.39. The van der Waals surface area contributed by atoms with Gasteiger partial charge in [-0.25, -0.2) is 0 Å². The summed E-state index contributed by atoms with van der Waals surface area (Å²) in [4.78, 5) is 0. The second kappa shape index (κ2) is 2.66. The molecule has 0 spiro atoms. The minimum absolute atomic E-state index is 0.440. The summed E-state index contributed by atoms with van der Waals surface area (Å²) in [5, 5.41) is 18.1. The first kappa shape index (κ1) is 7.39. The smallest absolute Gasteiger partial charge is 0.260 e. The summed E-state index contributed by atoms with van der Waals surface area (Å²) in [6.07, 6.45) is -2.61. The fourth-order valence-corrected chi connectivity index (χ4v) is 1.02. The molecule has 0 bridgehead atoms. The van der Waals surface area contributed by atoms with E-state index in [9.17, 15) is 0 Å². The SMILES string of the molecule is O[C@H]1Oc2ccccc2O[C@@H]1O. The van der Waals surface area contributed by atoms with Crippen LogP contribution >= 0.6 is 0 Å². The minimum atomic E-state index is -1.31. The Morgan fingerprint density at radius 2 is 1.33 bits per heavy atom. The van der Waals surface area contributed by atoms with E-state index in [2.05, 4.69) is 0 Å². The highest BCUT2D eigenvalue weighted by Crippen LogP contribution is 2.31. The Balaban J connectivity index is 2.34. The Hall–Kier alpha value is -1.26. The lowest BCUT2D eigenvalue weighted by atomic mass is 10.3. The lowest BCUT2D eigenvalue weighted by Gasteiger charge is -2.26. The Morgan fingerprint density at radius 3 is 1.75 bits per heavy atom. The summed E-state index contributed by atoms with van der Waals surface area (Å²) in [7, 11) is 0. The molecule has 1 aromatic rings. The van der Waals surface area contributed by atoms with Gasteiger partial charge in [-0.2, -0.15) is 0 Å². The molecule has 1 aromatic carbocycles. The van der Waals surface area contributed by atoms with Gasteiger partial charge in [0.25, 0.3) is 12.6 Å². The summed E-state index contributed by atoms with van der Waals surface area (Å²) in [5.74, 6) is 0.880. The molecule has 0 unspecified atom stereocenters. The first-order valence-corrected chi connectivity index (χ1v) is 3.56. The third-order valence-corrected chi connectivity index (χ3v) is 1.59. The van der Waals surface area contributed by atoms with Crippen LogP contribution in [-0.2, 0) is 0 Å². The van der Waals surface area contributed by atoms with Crippen LogP contribution in [0.15, 0.2) is 24.3 Å². The topological polar surface area (TPSA) is 58.9 Å². The standard InChI is InChI=1S/C8H8O4/c9-7-8(10)12-6-4-2-1-3-5(6)11-7/h1-4,7-10H/t7-,8-/m0/s1. The van der Waals surface area contributed by atoms with Crippen molar-refractivity contribution in [1.82, 2.24) is 0 Å². The van der Waals surface area contributed by atoms with Crippen LogP contribution in [0.3, 0.4) is 0 Å². The molecule has 64 valence electrons. The average molecular weight is 168 g/mol. The van der Waals surface area contributed by atoms with Crippen LogP contribution < -0.4 is 9.47 Å². The predicted molar refractivity (Wildman–Crippen MR) is 39.7 cm³/mol. The van der Waals surface area contributed by atoms with Gasteiger partial charge in [0.05, 0.1) is 0 Å². The molecule has 0 aliphatic carbocycles. The van der Waals surface area contributed by atoms with Gasteiger partial charge in [0, 0.05) is 0 Å². The zero-order valence-electron chi connectivity index (χ0n) is 6.18. The molecular formula is C8H8O4. The number of hydrogen-bond donors (Lipinski definition) is 2. The first-order valence-electron chi connectivity index (χ1n) is 3.56. The van der Waals surface area contributed by atoms with Gasteiger partial charge in [-0.1, -0.05) is 12.1 Å². The Labute approximate surface area is 69.0 Å². The molecule has 0 aromatic heterocycles. The third-order valence-electron chi connectivity index (χ3n) is 1.59. The number of aliphatic hydroxyl groups excluding tert-OH is 2. The maximum absolute atomic E-state index is 9.03. The molecule has 1 aliphatic rings. The molecule has 4 heteroatoms. The van der Waals surface area contributed by atoms with E-state index >= 15 is 0 Å². The summed E-state index contributed by atoms with van der Waals surface area (Å²) in [5.41, 5.74) is 0. The van der Waals surface area contributed by atoms with Gasteiger partial charge in [-0.3, -0.25) is 0 Å². The van der Waals surface area contributed by atoms with Crippen LogP contribution in [0.4, 0.5) is 0 Å². The number of benzene rings is 1. The number of para-hydroxylation sites is 2. The molecule has 0 amide bonds. The van der Waals surface area contributed by atoms with E-state index in [1.165, 1.54) is 0 Å². The fourth-order valence-electron chi connectivity index (χ4n) is 1.02. The molecule has 2 N–H and O–H groups in total. The Kier molecular flexibility index (Phi) is 1.64. The van der Waals surface area contributed by atoms with E-state index in [4.69, 9.17) is 19.7 Å². The van der Waals surface area contributed by atoms with Gasteiger partial charge in [0.2, 0.25) is 0 Å². The number of aliphatic hydroxyl groups is 2. The second-order valence-corrected chi connectivity index (χ2v) is 2.46. The minimum Gasteiger partial charge on any atom is -0.454 e. The Morgan fingerprint density at radius 1 is 0.917 bits per heavy atom. The van der Waals surface area contributed by atoms with Crippen molar-refractivity contribution in [2.75, 3.05) is 0 Å². The Bertz CT molecular complexity index is 257. The normalized spacial score (nSPS) is 26.8. The number of fused-ring (bicyclic) bond motifs is 1. The van der Waals surface area contributed by atoms with Gasteiger partial charge < -0.3 is 19.7 Å². The highest BCUT2D eigenvalue weighted by atomic mass is 16.7. The maximum atomic E-state index is 9.03. The summed E-state index contributed by atoms with van der Waals surface area (Å²) < 4.78 is 9.85. The molecule has 1 aliphatic heterocycles. The zero-order chi connectivity index (χ0) is 8.55. The van der Waals surface area contributed by atoms with E-state index in [0.29, 0.717) is 11.5 Å². The van der Waals surface area contributed by atoms with Crippen LogP contribution in [0, 0.1) is 0 Å².